The Labute approximate surface area is 187 Å². The summed E-state index contributed by atoms with van der Waals surface area (Å²) in [7, 11) is 0. The van der Waals surface area contributed by atoms with Crippen molar-refractivity contribution < 1.29 is 52.7 Å². The Hall–Kier alpha value is -2.65. The van der Waals surface area contributed by atoms with Gasteiger partial charge in [-0.25, -0.2) is 52.7 Å². The maximum atomic E-state index is 15.0. The Bertz CT molecular complexity index is 1110. The maximum Gasteiger partial charge on any atom is 0.412 e. The van der Waals surface area contributed by atoms with Gasteiger partial charge in [0.1, 0.15) is 17.5 Å². The van der Waals surface area contributed by atoms with Crippen LogP contribution in [0.4, 0.5) is 52.7 Å². The quantitative estimate of drug-likeness (QED) is 0.203. The van der Waals surface area contributed by atoms with Crippen LogP contribution in [0.1, 0.15) is 16.7 Å². The van der Waals surface area contributed by atoms with E-state index in [1.54, 1.807) is 0 Å². The first-order valence-electron chi connectivity index (χ1n) is 9.13. The first-order chi connectivity index (χ1) is 15.7. The van der Waals surface area contributed by atoms with E-state index in [1.165, 1.54) is 0 Å². The standard InChI is InChI=1S/3C7H3F4.Al/c3*1-3-4(8)2-5(9)7(11)6(3)10;/h3*1H3;. The highest BCUT2D eigenvalue weighted by Crippen LogP contribution is 2.24. The van der Waals surface area contributed by atoms with Crippen molar-refractivity contribution in [2.45, 2.75) is 20.8 Å². The van der Waals surface area contributed by atoms with Gasteiger partial charge in [-0.1, -0.05) is 0 Å². The van der Waals surface area contributed by atoms with Crippen LogP contribution in [-0.2, 0) is 0 Å². The number of hydrogen-bond acceptors (Lipinski definition) is 0. The van der Waals surface area contributed by atoms with E-state index in [0.717, 1.165) is 0 Å². The molecular formula is C21H9AlF12. The summed E-state index contributed by atoms with van der Waals surface area (Å²) in [5.74, 6) is -27.3. The molecule has 3 aromatic rings. The van der Waals surface area contributed by atoms with E-state index in [2.05, 4.69) is 0 Å². The highest BCUT2D eigenvalue weighted by molar-refractivity contribution is 6.95. The molecule has 0 unspecified atom stereocenters. The van der Waals surface area contributed by atoms with E-state index in [-0.39, 0.29) is 0 Å². The van der Waals surface area contributed by atoms with Gasteiger partial charge in [-0.15, -0.1) is 0 Å². The highest BCUT2D eigenvalue weighted by atomic mass is 27.2. The Balaban J connectivity index is 2.68. The molecule has 0 saturated heterocycles. The zero-order valence-electron chi connectivity index (χ0n) is 17.1. The van der Waals surface area contributed by atoms with Crippen LogP contribution in [0.3, 0.4) is 0 Å². The van der Waals surface area contributed by atoms with Crippen LogP contribution in [-0.4, -0.2) is 14.1 Å². The summed E-state index contributed by atoms with van der Waals surface area (Å²) in [5.41, 5.74) is -3.90. The summed E-state index contributed by atoms with van der Waals surface area (Å²) in [5, 5.41) is 0. The zero-order chi connectivity index (χ0) is 26.0. The molecule has 3 aromatic carbocycles. The van der Waals surface area contributed by atoms with Gasteiger partial charge >= 0.3 is 14.1 Å². The van der Waals surface area contributed by atoms with Crippen LogP contribution < -0.4 is 13.3 Å². The van der Waals surface area contributed by atoms with E-state index in [4.69, 9.17) is 0 Å². The first-order valence-corrected chi connectivity index (χ1v) is 10.9. The Morgan fingerprint density at radius 1 is 0.294 bits per heavy atom. The van der Waals surface area contributed by atoms with Gasteiger partial charge in [-0.3, -0.25) is 0 Å². The third kappa shape index (κ3) is 3.57. The molecule has 13 heteroatoms. The zero-order valence-corrected chi connectivity index (χ0v) is 18.3. The number of halogens is 12. The lowest BCUT2D eigenvalue weighted by atomic mass is 10.2. The maximum absolute atomic E-state index is 15.0. The van der Waals surface area contributed by atoms with Gasteiger partial charge in [-0.05, 0) is 34.0 Å². The van der Waals surface area contributed by atoms with Crippen molar-refractivity contribution >= 4 is 27.4 Å². The molecule has 0 heterocycles. The molecule has 3 rings (SSSR count). The fourth-order valence-corrected chi connectivity index (χ4v) is 6.93. The van der Waals surface area contributed by atoms with Crippen LogP contribution in [0.15, 0.2) is 0 Å². The molecule has 0 aromatic heterocycles. The number of benzene rings is 3. The molecule has 0 N–H and O–H groups in total. The third-order valence-corrected chi connectivity index (χ3v) is 8.67. The minimum Gasteiger partial charge on any atom is -0.208 e. The molecule has 0 aliphatic carbocycles. The molecule has 0 saturated carbocycles. The minimum atomic E-state index is -5.24. The third-order valence-electron chi connectivity index (χ3n) is 5.42. The second-order valence-corrected chi connectivity index (χ2v) is 9.91. The van der Waals surface area contributed by atoms with Crippen molar-refractivity contribution in [3.8, 4) is 0 Å². The van der Waals surface area contributed by atoms with Crippen molar-refractivity contribution in [3.63, 3.8) is 0 Å². The van der Waals surface area contributed by atoms with Crippen molar-refractivity contribution in [1.29, 1.82) is 0 Å². The predicted molar refractivity (Wildman–Crippen MR) is 97.7 cm³/mol. The van der Waals surface area contributed by atoms with Crippen molar-refractivity contribution in [2.24, 2.45) is 0 Å². The van der Waals surface area contributed by atoms with Crippen LogP contribution in [0.2, 0.25) is 0 Å². The lowest BCUT2D eigenvalue weighted by Gasteiger charge is -2.22. The Morgan fingerprint density at radius 2 is 0.500 bits per heavy atom. The normalized spacial score (nSPS) is 11.4. The summed E-state index contributed by atoms with van der Waals surface area (Å²) in [4.78, 5) is 0. The molecule has 34 heavy (non-hydrogen) atoms. The molecule has 0 aliphatic heterocycles. The second kappa shape index (κ2) is 8.85. The van der Waals surface area contributed by atoms with Crippen LogP contribution >= 0.6 is 0 Å². The van der Waals surface area contributed by atoms with Crippen molar-refractivity contribution in [2.75, 3.05) is 0 Å². The van der Waals surface area contributed by atoms with Gasteiger partial charge in [0.15, 0.2) is 52.4 Å². The predicted octanol–water partition coefficient (Wildman–Crippen LogP) is 4.80. The summed E-state index contributed by atoms with van der Waals surface area (Å²) in [6.45, 7) is 1.61. The molecule has 0 nitrogen and oxygen atoms in total. The monoisotopic (exact) mass is 516 g/mol. The van der Waals surface area contributed by atoms with E-state index >= 15 is 0 Å². The van der Waals surface area contributed by atoms with Gasteiger partial charge in [0.25, 0.3) is 0 Å². The molecule has 0 radical (unpaired) electrons. The summed E-state index contributed by atoms with van der Waals surface area (Å²) in [6.07, 6.45) is 0. The van der Waals surface area contributed by atoms with Crippen LogP contribution in [0.25, 0.3) is 0 Å². The van der Waals surface area contributed by atoms with Crippen LogP contribution in [0.5, 0.6) is 0 Å². The fourth-order valence-electron chi connectivity index (χ4n) is 3.52. The molecule has 0 fully saturated rings. The topological polar surface area (TPSA) is 0 Å². The van der Waals surface area contributed by atoms with Gasteiger partial charge in [0.05, 0.1) is 0 Å². The molecule has 180 valence electrons. The molecular weight excluding hydrogens is 507 g/mol. The minimum absolute atomic E-state index is 0.536. The largest absolute Gasteiger partial charge is 0.412 e. The summed E-state index contributed by atoms with van der Waals surface area (Å²) >= 11 is -5.24. The fraction of sp³-hybridized carbons (Fsp3) is 0.143. The number of hydrogen-bond donors (Lipinski definition) is 0. The molecule has 0 amide bonds. The molecule has 0 aliphatic rings. The average molecular weight is 516 g/mol. The average Bonchev–Trinajstić information content (AvgIpc) is 2.81. The number of rotatable bonds is 3. The van der Waals surface area contributed by atoms with Gasteiger partial charge in [0, 0.05) is 16.7 Å². The SMILES string of the molecule is Cc1c(F)c(F)c(F)[c]([Al]([c]2c(F)c(C)c(F)c(F)c2F)[c]2c(F)c(C)c(F)c(F)c2F)c1F. The summed E-state index contributed by atoms with van der Waals surface area (Å²) < 4.78 is 168. The molecule has 0 spiro atoms. The Kier molecular flexibility index (Phi) is 6.76. The lowest BCUT2D eigenvalue weighted by Crippen LogP contribution is -2.60. The Morgan fingerprint density at radius 3 is 0.706 bits per heavy atom. The van der Waals surface area contributed by atoms with Crippen LogP contribution in [0, 0.1) is 90.6 Å². The van der Waals surface area contributed by atoms with E-state index < -0.39 is 114 Å². The van der Waals surface area contributed by atoms with E-state index in [1.807, 2.05) is 0 Å². The van der Waals surface area contributed by atoms with Gasteiger partial charge in [0.2, 0.25) is 0 Å². The lowest BCUT2D eigenvalue weighted by molar-refractivity contribution is 0.430. The van der Waals surface area contributed by atoms with E-state index in [9.17, 15) is 52.7 Å². The van der Waals surface area contributed by atoms with E-state index in [0.29, 0.717) is 20.8 Å². The molecule has 0 bridgehead atoms. The molecule has 0 atom stereocenters. The first kappa shape index (κ1) is 26.0. The summed E-state index contributed by atoms with van der Waals surface area (Å²) in [6, 6.07) is 0. The van der Waals surface area contributed by atoms with Gasteiger partial charge in [-0.2, -0.15) is 0 Å². The highest BCUT2D eigenvalue weighted by Gasteiger charge is 2.45. The van der Waals surface area contributed by atoms with Gasteiger partial charge < -0.3 is 0 Å². The van der Waals surface area contributed by atoms with Crippen molar-refractivity contribution in [1.82, 2.24) is 0 Å². The van der Waals surface area contributed by atoms with Crippen molar-refractivity contribution in [3.05, 3.63) is 86.5 Å². The smallest absolute Gasteiger partial charge is 0.208 e. The second-order valence-electron chi connectivity index (χ2n) is 7.32.